The maximum absolute atomic E-state index is 11.7. The number of carbonyl (C=O) groups excluding carboxylic acids is 1. The second-order valence-corrected chi connectivity index (χ2v) is 4.49. The molecular weight excluding hydrogens is 270 g/mol. The molecule has 1 amide bonds. The van der Waals surface area contributed by atoms with Crippen LogP contribution in [0.1, 0.15) is 17.8 Å². The van der Waals surface area contributed by atoms with Crippen LogP contribution < -0.4 is 15.8 Å². The molecule has 0 aliphatic heterocycles. The number of nitrogens with two attached hydrogens (primary N) is 1. The lowest BCUT2D eigenvalue weighted by Crippen LogP contribution is -2.30. The van der Waals surface area contributed by atoms with Crippen molar-refractivity contribution in [2.24, 2.45) is 5.73 Å². The first kappa shape index (κ1) is 15.0. The van der Waals surface area contributed by atoms with Crippen LogP contribution in [0.25, 0.3) is 0 Å². The molecule has 0 fully saturated rings. The lowest BCUT2D eigenvalue weighted by atomic mass is 10.2. The molecule has 0 unspecified atom stereocenters. The third kappa shape index (κ3) is 4.88. The van der Waals surface area contributed by atoms with E-state index in [2.05, 4.69) is 20.5 Å². The molecule has 1 aromatic heterocycles. The second kappa shape index (κ2) is 8.01. The summed E-state index contributed by atoms with van der Waals surface area (Å²) in [6, 6.07) is 7.42. The first-order chi connectivity index (χ1) is 10.3. The Morgan fingerprint density at radius 2 is 2.24 bits per heavy atom. The van der Waals surface area contributed by atoms with Gasteiger partial charge in [0, 0.05) is 25.1 Å². The van der Waals surface area contributed by atoms with Crippen LogP contribution >= 0.6 is 0 Å². The van der Waals surface area contributed by atoms with Crippen molar-refractivity contribution in [1.82, 2.24) is 20.5 Å². The maximum Gasteiger partial charge on any atom is 0.257 e. The van der Waals surface area contributed by atoms with E-state index in [0.29, 0.717) is 18.8 Å². The van der Waals surface area contributed by atoms with Crippen molar-refractivity contribution < 1.29 is 9.53 Å². The molecule has 2 aromatic rings. The molecule has 2 rings (SSSR count). The Hall–Kier alpha value is -2.41. The van der Waals surface area contributed by atoms with Crippen LogP contribution in [0.2, 0.25) is 0 Å². The number of benzene rings is 1. The van der Waals surface area contributed by atoms with Gasteiger partial charge in [-0.1, -0.05) is 18.2 Å². The number of rotatable bonds is 8. The lowest BCUT2D eigenvalue weighted by molar-refractivity contribution is -0.123. The summed E-state index contributed by atoms with van der Waals surface area (Å²) in [4.78, 5) is 15.7. The van der Waals surface area contributed by atoms with E-state index in [0.717, 1.165) is 24.2 Å². The van der Waals surface area contributed by atoms with Crippen molar-refractivity contribution in [2.75, 3.05) is 13.2 Å². The highest BCUT2D eigenvalue weighted by Crippen LogP contribution is 2.16. The summed E-state index contributed by atoms with van der Waals surface area (Å²) in [5.74, 6) is 1.31. The molecule has 0 spiro atoms. The van der Waals surface area contributed by atoms with E-state index in [1.807, 2.05) is 18.2 Å². The molecule has 7 heteroatoms. The number of para-hydroxylation sites is 1. The molecule has 0 radical (unpaired) electrons. The highest BCUT2D eigenvalue weighted by Gasteiger charge is 2.05. The Bertz CT molecular complexity index is 556. The van der Waals surface area contributed by atoms with Crippen LogP contribution in [0.3, 0.4) is 0 Å². The number of amides is 1. The van der Waals surface area contributed by atoms with Gasteiger partial charge in [-0.2, -0.15) is 5.10 Å². The van der Waals surface area contributed by atoms with Crippen LogP contribution in [-0.2, 0) is 17.8 Å². The molecule has 4 N–H and O–H groups in total. The van der Waals surface area contributed by atoms with Crippen LogP contribution in [-0.4, -0.2) is 34.2 Å². The number of aromatic amines is 1. The van der Waals surface area contributed by atoms with Gasteiger partial charge in [-0.3, -0.25) is 9.89 Å². The smallest absolute Gasteiger partial charge is 0.257 e. The number of aryl methyl sites for hydroxylation is 1. The largest absolute Gasteiger partial charge is 0.483 e. The van der Waals surface area contributed by atoms with E-state index in [1.165, 1.54) is 6.33 Å². The first-order valence-electron chi connectivity index (χ1n) is 6.81. The molecular formula is C14H19N5O2. The van der Waals surface area contributed by atoms with Crippen molar-refractivity contribution >= 4 is 5.91 Å². The van der Waals surface area contributed by atoms with E-state index in [4.69, 9.17) is 10.5 Å². The van der Waals surface area contributed by atoms with Crippen molar-refractivity contribution in [3.8, 4) is 5.75 Å². The van der Waals surface area contributed by atoms with Gasteiger partial charge in [-0.15, -0.1) is 0 Å². The normalized spacial score (nSPS) is 10.3. The van der Waals surface area contributed by atoms with Gasteiger partial charge in [0.1, 0.15) is 17.9 Å². The Morgan fingerprint density at radius 3 is 3.00 bits per heavy atom. The Labute approximate surface area is 122 Å². The molecule has 112 valence electrons. The molecule has 0 saturated carbocycles. The Kier molecular flexibility index (Phi) is 5.71. The van der Waals surface area contributed by atoms with Crippen molar-refractivity contribution in [3.05, 3.63) is 42.0 Å². The van der Waals surface area contributed by atoms with Gasteiger partial charge in [0.15, 0.2) is 6.61 Å². The summed E-state index contributed by atoms with van der Waals surface area (Å²) in [5, 5.41) is 9.33. The van der Waals surface area contributed by atoms with E-state index in [1.54, 1.807) is 6.07 Å². The minimum absolute atomic E-state index is 0.0146. The first-order valence-corrected chi connectivity index (χ1v) is 6.81. The van der Waals surface area contributed by atoms with Crippen molar-refractivity contribution in [1.29, 1.82) is 0 Å². The number of ether oxygens (including phenoxy) is 1. The molecule has 0 atom stereocenters. The fraction of sp³-hybridized carbons (Fsp3) is 0.357. The van der Waals surface area contributed by atoms with Gasteiger partial charge in [0.2, 0.25) is 0 Å². The van der Waals surface area contributed by atoms with Gasteiger partial charge in [0.25, 0.3) is 5.91 Å². The van der Waals surface area contributed by atoms with Gasteiger partial charge in [-0.05, 0) is 12.5 Å². The molecule has 0 aliphatic carbocycles. The minimum Gasteiger partial charge on any atom is -0.483 e. The number of H-pyrrole nitrogens is 1. The fourth-order valence-corrected chi connectivity index (χ4v) is 1.84. The third-order valence-electron chi connectivity index (χ3n) is 2.93. The monoisotopic (exact) mass is 289 g/mol. The van der Waals surface area contributed by atoms with Gasteiger partial charge in [0.05, 0.1) is 0 Å². The number of hydrogen-bond donors (Lipinski definition) is 3. The zero-order chi connectivity index (χ0) is 14.9. The van der Waals surface area contributed by atoms with Crippen LogP contribution in [0.5, 0.6) is 5.75 Å². The third-order valence-corrected chi connectivity index (χ3v) is 2.93. The standard InChI is InChI=1S/C14H19N5O2/c15-8-11-4-1-2-5-12(11)21-9-14(20)16-7-3-6-13-17-10-18-19-13/h1-2,4-5,10H,3,6-9,15H2,(H,16,20)(H,17,18,19). The molecule has 0 aliphatic rings. The summed E-state index contributed by atoms with van der Waals surface area (Å²) >= 11 is 0. The molecule has 0 bridgehead atoms. The van der Waals surface area contributed by atoms with E-state index < -0.39 is 0 Å². The lowest BCUT2D eigenvalue weighted by Gasteiger charge is -2.10. The second-order valence-electron chi connectivity index (χ2n) is 4.49. The quantitative estimate of drug-likeness (QED) is 0.610. The summed E-state index contributed by atoms with van der Waals surface area (Å²) in [7, 11) is 0. The Morgan fingerprint density at radius 1 is 1.38 bits per heavy atom. The number of nitrogens with zero attached hydrogens (tertiary/aromatic N) is 2. The highest BCUT2D eigenvalue weighted by molar-refractivity contribution is 5.77. The topological polar surface area (TPSA) is 106 Å². The SMILES string of the molecule is NCc1ccccc1OCC(=O)NCCCc1ncn[nH]1. The van der Waals surface area contributed by atoms with Crippen molar-refractivity contribution in [3.63, 3.8) is 0 Å². The number of nitrogens with one attached hydrogen (secondary N) is 2. The highest BCUT2D eigenvalue weighted by atomic mass is 16.5. The zero-order valence-electron chi connectivity index (χ0n) is 11.7. The van der Waals surface area contributed by atoms with Gasteiger partial charge < -0.3 is 15.8 Å². The zero-order valence-corrected chi connectivity index (χ0v) is 11.7. The summed E-state index contributed by atoms with van der Waals surface area (Å²) < 4.78 is 5.47. The molecule has 1 aromatic carbocycles. The van der Waals surface area contributed by atoms with Crippen LogP contribution in [0.15, 0.2) is 30.6 Å². The van der Waals surface area contributed by atoms with Gasteiger partial charge in [-0.25, -0.2) is 4.98 Å². The number of carbonyl (C=O) groups is 1. The molecule has 0 saturated heterocycles. The average molecular weight is 289 g/mol. The average Bonchev–Trinajstić information content (AvgIpc) is 3.03. The van der Waals surface area contributed by atoms with Gasteiger partial charge >= 0.3 is 0 Å². The fourth-order valence-electron chi connectivity index (χ4n) is 1.84. The van der Waals surface area contributed by atoms with Crippen LogP contribution in [0, 0.1) is 0 Å². The molecule has 21 heavy (non-hydrogen) atoms. The summed E-state index contributed by atoms with van der Waals surface area (Å²) in [5.41, 5.74) is 6.49. The molecule has 1 heterocycles. The predicted octanol–water partition coefficient (Wildman–Crippen LogP) is 0.391. The van der Waals surface area contributed by atoms with E-state index >= 15 is 0 Å². The predicted molar refractivity (Wildman–Crippen MR) is 77.5 cm³/mol. The van der Waals surface area contributed by atoms with Crippen molar-refractivity contribution in [2.45, 2.75) is 19.4 Å². The van der Waals surface area contributed by atoms with Crippen LogP contribution in [0.4, 0.5) is 0 Å². The van der Waals surface area contributed by atoms with E-state index in [9.17, 15) is 4.79 Å². The minimum atomic E-state index is -0.153. The maximum atomic E-state index is 11.7. The Balaban J connectivity index is 1.65. The molecule has 7 nitrogen and oxygen atoms in total. The number of aromatic nitrogens is 3. The number of hydrogen-bond acceptors (Lipinski definition) is 5. The van der Waals surface area contributed by atoms with E-state index in [-0.39, 0.29) is 12.5 Å². The summed E-state index contributed by atoms with van der Waals surface area (Å²) in [6.07, 6.45) is 3.01. The summed E-state index contributed by atoms with van der Waals surface area (Å²) in [6.45, 7) is 0.940.